The summed E-state index contributed by atoms with van der Waals surface area (Å²) in [5, 5.41) is 14.6. The first-order chi connectivity index (χ1) is 9.02. The van der Waals surface area contributed by atoms with Crippen LogP contribution in [0.25, 0.3) is 0 Å². The van der Waals surface area contributed by atoms with Crippen LogP contribution in [0.1, 0.15) is 42.0 Å². The zero-order valence-corrected chi connectivity index (χ0v) is 13.1. The smallest absolute Gasteiger partial charge is 0.0823 e. The first-order valence-corrected chi connectivity index (χ1v) is 7.28. The van der Waals surface area contributed by atoms with Crippen molar-refractivity contribution in [3.8, 4) is 0 Å². The second-order valence-corrected chi connectivity index (χ2v) is 5.71. The van der Waals surface area contributed by atoms with Gasteiger partial charge in [-0.3, -0.25) is 4.68 Å². The minimum absolute atomic E-state index is 0.418. The summed E-state index contributed by atoms with van der Waals surface area (Å²) in [6.45, 7) is 6.69. The van der Waals surface area contributed by atoms with Crippen LogP contribution in [0.3, 0.4) is 0 Å². The minimum atomic E-state index is -0.418. The summed E-state index contributed by atoms with van der Waals surface area (Å²) in [6.07, 6.45) is 0.296. The van der Waals surface area contributed by atoms with Crippen LogP contribution in [0.4, 0.5) is 0 Å². The molecule has 1 unspecified atom stereocenters. The molecule has 0 aliphatic rings. The SMILES string of the molecule is CCC(O)c1c(C)nn(Cc2ccc(Br)cc2)c1C. The molecule has 102 valence electrons. The van der Waals surface area contributed by atoms with E-state index in [0.29, 0.717) is 6.42 Å². The molecule has 0 amide bonds. The van der Waals surface area contributed by atoms with Gasteiger partial charge in [0.05, 0.1) is 18.3 Å². The summed E-state index contributed by atoms with van der Waals surface area (Å²) in [7, 11) is 0. The second kappa shape index (κ2) is 5.88. The molecular weight excluding hydrogens is 304 g/mol. The maximum Gasteiger partial charge on any atom is 0.0823 e. The van der Waals surface area contributed by atoms with Crippen molar-refractivity contribution >= 4 is 15.9 Å². The third-order valence-corrected chi connectivity index (χ3v) is 3.93. The lowest BCUT2D eigenvalue weighted by atomic mass is 10.1. The van der Waals surface area contributed by atoms with Crippen molar-refractivity contribution in [3.05, 3.63) is 51.3 Å². The number of halogens is 1. The summed E-state index contributed by atoms with van der Waals surface area (Å²) in [4.78, 5) is 0. The Kier molecular flexibility index (Phi) is 4.42. The Morgan fingerprint density at radius 1 is 1.26 bits per heavy atom. The van der Waals surface area contributed by atoms with Gasteiger partial charge in [-0.25, -0.2) is 0 Å². The predicted octanol–water partition coefficient (Wildman–Crippen LogP) is 3.75. The van der Waals surface area contributed by atoms with Crippen molar-refractivity contribution in [2.45, 2.75) is 39.8 Å². The number of aliphatic hydroxyl groups is 1. The van der Waals surface area contributed by atoms with Gasteiger partial charge < -0.3 is 5.11 Å². The monoisotopic (exact) mass is 322 g/mol. The molecular formula is C15H19BrN2O. The molecule has 4 heteroatoms. The molecule has 0 bridgehead atoms. The molecule has 2 aromatic rings. The number of rotatable bonds is 4. The van der Waals surface area contributed by atoms with E-state index in [1.165, 1.54) is 5.56 Å². The highest BCUT2D eigenvalue weighted by Crippen LogP contribution is 2.24. The molecule has 2 rings (SSSR count). The fourth-order valence-corrected chi connectivity index (χ4v) is 2.58. The number of aromatic nitrogens is 2. The lowest BCUT2D eigenvalue weighted by Crippen LogP contribution is -2.05. The lowest BCUT2D eigenvalue weighted by molar-refractivity contribution is 0.172. The van der Waals surface area contributed by atoms with Gasteiger partial charge in [0.15, 0.2) is 0 Å². The van der Waals surface area contributed by atoms with E-state index in [1.54, 1.807) is 0 Å². The first-order valence-electron chi connectivity index (χ1n) is 6.49. The summed E-state index contributed by atoms with van der Waals surface area (Å²) in [6, 6.07) is 8.22. The van der Waals surface area contributed by atoms with Crippen molar-refractivity contribution in [1.29, 1.82) is 0 Å². The Hall–Kier alpha value is -1.13. The number of benzene rings is 1. The van der Waals surface area contributed by atoms with Crippen molar-refractivity contribution in [1.82, 2.24) is 9.78 Å². The van der Waals surface area contributed by atoms with Crippen molar-refractivity contribution in [3.63, 3.8) is 0 Å². The molecule has 1 atom stereocenters. The highest BCUT2D eigenvalue weighted by atomic mass is 79.9. The van der Waals surface area contributed by atoms with Crippen LogP contribution in [-0.4, -0.2) is 14.9 Å². The Balaban J connectivity index is 2.29. The molecule has 0 fully saturated rings. The van der Waals surface area contributed by atoms with Crippen LogP contribution in [0.5, 0.6) is 0 Å². The van der Waals surface area contributed by atoms with Crippen LogP contribution >= 0.6 is 15.9 Å². The molecule has 1 N–H and O–H groups in total. The quantitative estimate of drug-likeness (QED) is 0.930. The van der Waals surface area contributed by atoms with Crippen molar-refractivity contribution in [2.75, 3.05) is 0 Å². The summed E-state index contributed by atoms with van der Waals surface area (Å²) in [5.74, 6) is 0. The fourth-order valence-electron chi connectivity index (χ4n) is 2.31. The van der Waals surface area contributed by atoms with Crippen LogP contribution < -0.4 is 0 Å². The largest absolute Gasteiger partial charge is 0.388 e. The van der Waals surface area contributed by atoms with Gasteiger partial charge in [0.25, 0.3) is 0 Å². The van der Waals surface area contributed by atoms with E-state index in [-0.39, 0.29) is 0 Å². The lowest BCUT2D eigenvalue weighted by Gasteiger charge is -2.09. The summed E-state index contributed by atoms with van der Waals surface area (Å²) >= 11 is 3.43. The molecule has 0 aliphatic carbocycles. The Morgan fingerprint density at radius 2 is 1.89 bits per heavy atom. The van der Waals surface area contributed by atoms with Crippen LogP contribution in [0.15, 0.2) is 28.7 Å². The molecule has 1 heterocycles. The minimum Gasteiger partial charge on any atom is -0.388 e. The maximum absolute atomic E-state index is 10.0. The van der Waals surface area contributed by atoms with Crippen molar-refractivity contribution < 1.29 is 5.11 Å². The van der Waals surface area contributed by atoms with Gasteiger partial charge in [0.1, 0.15) is 0 Å². The van der Waals surface area contributed by atoms with Gasteiger partial charge in [0, 0.05) is 15.7 Å². The topological polar surface area (TPSA) is 38.1 Å². The number of aliphatic hydroxyl groups excluding tert-OH is 1. The molecule has 19 heavy (non-hydrogen) atoms. The van der Waals surface area contributed by atoms with Crippen LogP contribution in [0.2, 0.25) is 0 Å². The maximum atomic E-state index is 10.0. The number of nitrogens with zero attached hydrogens (tertiary/aromatic N) is 2. The van der Waals surface area contributed by atoms with Crippen molar-refractivity contribution in [2.24, 2.45) is 0 Å². The van der Waals surface area contributed by atoms with E-state index in [1.807, 2.05) is 37.6 Å². The Labute approximate surface area is 122 Å². The molecule has 0 spiro atoms. The highest BCUT2D eigenvalue weighted by Gasteiger charge is 2.17. The molecule has 0 saturated heterocycles. The number of aryl methyl sites for hydroxylation is 1. The molecule has 1 aromatic heterocycles. The van der Waals surface area contributed by atoms with Gasteiger partial charge in [0.2, 0.25) is 0 Å². The molecule has 3 nitrogen and oxygen atoms in total. The Bertz CT molecular complexity index is 560. The van der Waals surface area contributed by atoms with E-state index < -0.39 is 6.10 Å². The fraction of sp³-hybridized carbons (Fsp3) is 0.400. The first kappa shape index (κ1) is 14.3. The standard InChI is InChI=1S/C15H19BrN2O/c1-4-14(19)15-10(2)17-18(11(15)3)9-12-5-7-13(16)8-6-12/h5-8,14,19H,4,9H2,1-3H3. The zero-order chi connectivity index (χ0) is 14.0. The van der Waals surface area contributed by atoms with Gasteiger partial charge in [-0.1, -0.05) is 35.0 Å². The van der Waals surface area contributed by atoms with Gasteiger partial charge in [-0.05, 0) is 38.0 Å². The molecule has 0 saturated carbocycles. The average Bonchev–Trinajstić information content (AvgIpc) is 2.66. The number of hydrogen-bond donors (Lipinski definition) is 1. The number of hydrogen-bond acceptors (Lipinski definition) is 2. The van der Waals surface area contributed by atoms with Gasteiger partial charge in [-0.2, -0.15) is 5.10 Å². The average molecular weight is 323 g/mol. The van der Waals surface area contributed by atoms with Crippen LogP contribution in [-0.2, 0) is 6.54 Å². The van der Waals surface area contributed by atoms with Gasteiger partial charge in [-0.15, -0.1) is 0 Å². The van der Waals surface area contributed by atoms with E-state index in [9.17, 15) is 5.11 Å². The molecule has 0 radical (unpaired) electrons. The van der Waals surface area contributed by atoms with E-state index >= 15 is 0 Å². The summed E-state index contributed by atoms with van der Waals surface area (Å²) in [5.41, 5.74) is 4.14. The third kappa shape index (κ3) is 3.07. The Morgan fingerprint density at radius 3 is 2.47 bits per heavy atom. The summed E-state index contributed by atoms with van der Waals surface area (Å²) < 4.78 is 3.04. The van der Waals surface area contributed by atoms with E-state index in [0.717, 1.165) is 28.0 Å². The van der Waals surface area contributed by atoms with E-state index in [4.69, 9.17) is 0 Å². The molecule has 1 aromatic carbocycles. The third-order valence-electron chi connectivity index (χ3n) is 3.40. The van der Waals surface area contributed by atoms with Gasteiger partial charge >= 0.3 is 0 Å². The molecule has 0 aliphatic heterocycles. The predicted molar refractivity (Wildman–Crippen MR) is 80.2 cm³/mol. The van der Waals surface area contributed by atoms with Crippen LogP contribution in [0, 0.1) is 13.8 Å². The normalized spacial score (nSPS) is 12.7. The highest BCUT2D eigenvalue weighted by molar-refractivity contribution is 9.10. The zero-order valence-electron chi connectivity index (χ0n) is 11.5. The van der Waals surface area contributed by atoms with E-state index in [2.05, 4.69) is 33.2 Å². The second-order valence-electron chi connectivity index (χ2n) is 4.79.